The lowest BCUT2D eigenvalue weighted by Crippen LogP contribution is -2.40. The van der Waals surface area contributed by atoms with Crippen LogP contribution in [0.4, 0.5) is 0 Å². The first-order valence-corrected chi connectivity index (χ1v) is 10.5. The van der Waals surface area contributed by atoms with Gasteiger partial charge in [0.15, 0.2) is 0 Å². The molecule has 4 rings (SSSR count). The zero-order valence-electron chi connectivity index (χ0n) is 17.2. The minimum Gasteiger partial charge on any atom is -0.478 e. The molecule has 30 heavy (non-hydrogen) atoms. The number of carbonyl (C=O) groups is 2. The van der Waals surface area contributed by atoms with Crippen molar-refractivity contribution >= 4 is 17.7 Å². The molecule has 1 saturated carbocycles. The molecule has 0 bridgehead atoms. The summed E-state index contributed by atoms with van der Waals surface area (Å²) in [6, 6.07) is 14.7. The minimum atomic E-state index is -0.942. The molecular formula is C25H26N2O3. The highest BCUT2D eigenvalue weighted by molar-refractivity contribution is 6.12. The highest BCUT2D eigenvalue weighted by atomic mass is 16.4. The molecule has 1 aliphatic carbocycles. The van der Waals surface area contributed by atoms with Gasteiger partial charge in [-0.2, -0.15) is 0 Å². The van der Waals surface area contributed by atoms with Gasteiger partial charge in [-0.25, -0.2) is 4.79 Å². The molecule has 0 aromatic heterocycles. The first-order valence-electron chi connectivity index (χ1n) is 10.5. The smallest absolute Gasteiger partial charge is 0.336 e. The van der Waals surface area contributed by atoms with E-state index in [9.17, 15) is 14.7 Å². The molecular weight excluding hydrogens is 376 g/mol. The summed E-state index contributed by atoms with van der Waals surface area (Å²) in [7, 11) is 0. The Hall–Kier alpha value is -3.21. The highest BCUT2D eigenvalue weighted by Crippen LogP contribution is 2.39. The van der Waals surface area contributed by atoms with Crippen LogP contribution in [0.2, 0.25) is 0 Å². The first-order chi connectivity index (χ1) is 14.5. The fourth-order valence-electron chi connectivity index (χ4n) is 4.37. The number of hydrogen-bond donors (Lipinski definition) is 1. The highest BCUT2D eigenvalue weighted by Gasteiger charge is 2.49. The zero-order chi connectivity index (χ0) is 21.1. The van der Waals surface area contributed by atoms with Crippen LogP contribution in [0.3, 0.4) is 0 Å². The van der Waals surface area contributed by atoms with Gasteiger partial charge in [0.25, 0.3) is 5.91 Å². The quantitative estimate of drug-likeness (QED) is 0.733. The van der Waals surface area contributed by atoms with Gasteiger partial charge in [-0.05, 0) is 48.1 Å². The average molecular weight is 402 g/mol. The number of benzene rings is 2. The van der Waals surface area contributed by atoms with Crippen LogP contribution < -0.4 is 0 Å². The monoisotopic (exact) mass is 402 g/mol. The molecule has 0 radical (unpaired) electrons. The summed E-state index contributed by atoms with van der Waals surface area (Å²) in [5, 5.41) is 9.44. The van der Waals surface area contributed by atoms with Crippen LogP contribution in [0.1, 0.15) is 54.9 Å². The van der Waals surface area contributed by atoms with E-state index in [-0.39, 0.29) is 11.5 Å². The van der Waals surface area contributed by atoms with Crippen molar-refractivity contribution in [3.8, 4) is 11.1 Å². The maximum atomic E-state index is 13.2. The summed E-state index contributed by atoms with van der Waals surface area (Å²) in [4.78, 5) is 31.4. The second-order valence-corrected chi connectivity index (χ2v) is 7.96. The zero-order valence-corrected chi connectivity index (χ0v) is 17.2. The summed E-state index contributed by atoms with van der Waals surface area (Å²) < 4.78 is 0. The van der Waals surface area contributed by atoms with Gasteiger partial charge in [0.1, 0.15) is 11.4 Å². The van der Waals surface area contributed by atoms with Crippen molar-refractivity contribution in [2.24, 2.45) is 4.99 Å². The Morgan fingerprint density at radius 3 is 2.50 bits per heavy atom. The largest absolute Gasteiger partial charge is 0.478 e. The number of carboxylic acids is 1. The number of carbonyl (C=O) groups excluding carboxylic acids is 1. The SMILES string of the molecule is CC/C=C/C1=NC2(CCCC2)C(=O)N1Cc1ccc(-c2ccccc2C(=O)O)cc1. The number of amidine groups is 1. The molecule has 154 valence electrons. The molecule has 1 N–H and O–H groups in total. The number of rotatable bonds is 6. The predicted octanol–water partition coefficient (Wildman–Crippen LogP) is 5.07. The Balaban J connectivity index is 1.58. The second-order valence-electron chi connectivity index (χ2n) is 7.96. The Kier molecular flexibility index (Phi) is 5.53. The van der Waals surface area contributed by atoms with E-state index in [1.54, 1.807) is 17.0 Å². The third kappa shape index (κ3) is 3.67. The number of nitrogens with zero attached hydrogens (tertiary/aromatic N) is 2. The first kappa shape index (κ1) is 20.1. The van der Waals surface area contributed by atoms with Gasteiger partial charge >= 0.3 is 5.97 Å². The van der Waals surface area contributed by atoms with Gasteiger partial charge in [-0.15, -0.1) is 0 Å². The Morgan fingerprint density at radius 2 is 1.83 bits per heavy atom. The molecule has 2 aromatic rings. The van der Waals surface area contributed by atoms with Crippen LogP contribution in [0, 0.1) is 0 Å². The van der Waals surface area contributed by atoms with Crippen molar-refractivity contribution in [3.63, 3.8) is 0 Å². The van der Waals surface area contributed by atoms with E-state index >= 15 is 0 Å². The van der Waals surface area contributed by atoms with Crippen LogP contribution in [-0.2, 0) is 11.3 Å². The van der Waals surface area contributed by atoms with Crippen LogP contribution in [0.5, 0.6) is 0 Å². The summed E-state index contributed by atoms with van der Waals surface area (Å²) in [6.07, 6.45) is 8.65. The Morgan fingerprint density at radius 1 is 1.13 bits per heavy atom. The molecule has 1 aliphatic heterocycles. The number of allylic oxidation sites excluding steroid dienone is 1. The van der Waals surface area contributed by atoms with Crippen molar-refractivity contribution in [1.29, 1.82) is 0 Å². The lowest BCUT2D eigenvalue weighted by Gasteiger charge is -2.22. The third-order valence-electron chi connectivity index (χ3n) is 5.94. The van der Waals surface area contributed by atoms with Crippen LogP contribution >= 0.6 is 0 Å². The number of aromatic carboxylic acids is 1. The molecule has 2 aromatic carbocycles. The normalized spacial score (nSPS) is 17.8. The second kappa shape index (κ2) is 8.27. The molecule has 0 saturated heterocycles. The van der Waals surface area contributed by atoms with Crippen LogP contribution in [0.25, 0.3) is 11.1 Å². The molecule has 2 aliphatic rings. The number of amides is 1. The molecule has 1 fully saturated rings. The lowest BCUT2D eigenvalue weighted by atomic mass is 9.97. The van der Waals surface area contributed by atoms with E-state index in [1.165, 1.54) is 0 Å². The van der Waals surface area contributed by atoms with Gasteiger partial charge < -0.3 is 5.11 Å². The van der Waals surface area contributed by atoms with E-state index in [2.05, 4.69) is 6.92 Å². The van der Waals surface area contributed by atoms with Crippen molar-refractivity contribution in [3.05, 3.63) is 71.8 Å². The Labute approximate surface area is 176 Å². The fourth-order valence-corrected chi connectivity index (χ4v) is 4.37. The van der Waals surface area contributed by atoms with Gasteiger partial charge in [0.2, 0.25) is 0 Å². The topological polar surface area (TPSA) is 70.0 Å². The van der Waals surface area contributed by atoms with E-state index < -0.39 is 11.5 Å². The summed E-state index contributed by atoms with van der Waals surface area (Å²) in [5.41, 5.74) is 2.24. The number of hydrogen-bond acceptors (Lipinski definition) is 3. The molecule has 1 spiro atoms. The number of carboxylic acid groups (broad SMARTS) is 1. The minimum absolute atomic E-state index is 0.107. The van der Waals surface area contributed by atoms with Gasteiger partial charge in [0.05, 0.1) is 12.1 Å². The summed E-state index contributed by atoms with van der Waals surface area (Å²) >= 11 is 0. The third-order valence-corrected chi connectivity index (χ3v) is 5.94. The molecule has 0 atom stereocenters. The van der Waals surface area contributed by atoms with E-state index in [4.69, 9.17) is 4.99 Å². The number of aliphatic imine (C=N–C) groups is 1. The van der Waals surface area contributed by atoms with Gasteiger partial charge in [-0.3, -0.25) is 14.7 Å². The maximum Gasteiger partial charge on any atom is 0.336 e. The van der Waals surface area contributed by atoms with E-state index in [0.29, 0.717) is 12.1 Å². The van der Waals surface area contributed by atoms with E-state index in [0.717, 1.165) is 49.1 Å². The predicted molar refractivity (Wildman–Crippen MR) is 117 cm³/mol. The standard InChI is InChI=1S/C25H26N2O3/c1-2-3-10-22-26-25(15-6-7-16-25)24(30)27(22)17-18-11-13-19(14-12-18)20-8-4-5-9-21(20)23(28)29/h3-5,8-14H,2,6-7,15-17H2,1H3,(H,28,29)/b10-3+. The van der Waals surface area contributed by atoms with Gasteiger partial charge in [0, 0.05) is 0 Å². The summed E-state index contributed by atoms with van der Waals surface area (Å²) in [5.74, 6) is -0.0807. The Bertz CT molecular complexity index is 1010. The fraction of sp³-hybridized carbons (Fsp3) is 0.320. The lowest BCUT2D eigenvalue weighted by molar-refractivity contribution is -0.131. The van der Waals surface area contributed by atoms with E-state index in [1.807, 2.05) is 48.6 Å². The average Bonchev–Trinajstić information content (AvgIpc) is 3.33. The molecule has 1 heterocycles. The molecule has 0 unspecified atom stereocenters. The van der Waals surface area contributed by atoms with Crippen molar-refractivity contribution in [2.45, 2.75) is 51.1 Å². The molecule has 5 nitrogen and oxygen atoms in total. The van der Waals surface area contributed by atoms with Crippen LogP contribution in [-0.4, -0.2) is 33.3 Å². The van der Waals surface area contributed by atoms with Gasteiger partial charge in [-0.1, -0.05) is 68.3 Å². The maximum absolute atomic E-state index is 13.2. The molecule has 1 amide bonds. The van der Waals surface area contributed by atoms with Crippen molar-refractivity contribution in [2.75, 3.05) is 0 Å². The van der Waals surface area contributed by atoms with Crippen molar-refractivity contribution in [1.82, 2.24) is 4.90 Å². The molecule has 5 heteroatoms. The van der Waals surface area contributed by atoms with Crippen molar-refractivity contribution < 1.29 is 14.7 Å². The summed E-state index contributed by atoms with van der Waals surface area (Å²) in [6.45, 7) is 2.53. The van der Waals surface area contributed by atoms with Crippen LogP contribution in [0.15, 0.2) is 65.7 Å².